The Balaban J connectivity index is 0. The molecule has 0 aliphatic carbocycles. The van der Waals surface area contributed by atoms with E-state index in [0.717, 1.165) is 0 Å². The summed E-state index contributed by atoms with van der Waals surface area (Å²) in [6.07, 6.45) is 0. The summed E-state index contributed by atoms with van der Waals surface area (Å²) in [5.74, 6) is 0. The molecule has 0 heterocycles. The van der Waals surface area contributed by atoms with E-state index in [2.05, 4.69) is 0 Å². The fourth-order valence-corrected chi connectivity index (χ4v) is 0. The predicted octanol–water partition coefficient (Wildman–Crippen LogP) is -4.57. The molecular weight excluding hydrogens is 276 g/mol. The third-order valence-electron chi connectivity index (χ3n) is 0. The van der Waals surface area contributed by atoms with Crippen LogP contribution in [0.2, 0.25) is 0 Å². The topological polar surface area (TPSA) is 0 Å². The third-order valence-corrected chi connectivity index (χ3v) is 0. The molecule has 0 atom stereocenters. The molecule has 0 aromatic carbocycles. The molecule has 0 amide bonds. The molecular formula is Na12. The van der Waals surface area contributed by atoms with Gasteiger partial charge in [0, 0.05) is 355 Å². The zero-order valence-electron chi connectivity index (χ0n) is 12.0. The van der Waals surface area contributed by atoms with Gasteiger partial charge in [0.25, 0.3) is 0 Å². The van der Waals surface area contributed by atoms with Crippen molar-refractivity contribution in [2.75, 3.05) is 0 Å². The standard InChI is InChI=1S/12Na. The third kappa shape index (κ3) is 67.4. The fraction of sp³-hybridized carbons (Fsp3) is 0. The molecule has 0 unspecified atom stereocenters. The molecule has 0 saturated carbocycles. The van der Waals surface area contributed by atoms with Crippen molar-refractivity contribution in [2.24, 2.45) is 0 Å². The molecule has 0 spiro atoms. The van der Waals surface area contributed by atoms with Crippen LogP contribution in [0.1, 0.15) is 0 Å². The Morgan fingerprint density at radius 3 is 0.0833 bits per heavy atom. The molecule has 0 N–H and O–H groups in total. The second-order valence-electron chi connectivity index (χ2n) is 0. The fourth-order valence-electron chi connectivity index (χ4n) is 0. The molecule has 0 aliphatic rings. The summed E-state index contributed by atoms with van der Waals surface area (Å²) in [5, 5.41) is 0. The van der Waals surface area contributed by atoms with Crippen molar-refractivity contribution in [3.05, 3.63) is 0 Å². The zero-order valence-corrected chi connectivity index (χ0v) is 36.0. The van der Waals surface area contributed by atoms with Crippen LogP contribution < -0.4 is 0 Å². The SMILES string of the molecule is [Na].[Na].[Na].[Na].[Na].[Na].[Na].[Na].[Na].[Na].[Na].[Na]. The molecule has 12 radical (unpaired) electrons. The van der Waals surface area contributed by atoms with E-state index >= 15 is 0 Å². The van der Waals surface area contributed by atoms with Crippen LogP contribution in [-0.4, -0.2) is 355 Å². The van der Waals surface area contributed by atoms with Crippen molar-refractivity contribution in [3.63, 3.8) is 0 Å². The van der Waals surface area contributed by atoms with E-state index < -0.39 is 0 Å². The second-order valence-corrected chi connectivity index (χ2v) is 0. The van der Waals surface area contributed by atoms with E-state index in [1.807, 2.05) is 0 Å². The first-order valence-electron chi connectivity index (χ1n) is 0. The van der Waals surface area contributed by atoms with Crippen molar-refractivity contribution in [2.45, 2.75) is 0 Å². The van der Waals surface area contributed by atoms with Crippen LogP contribution in [0.5, 0.6) is 0 Å². The van der Waals surface area contributed by atoms with Crippen LogP contribution in [0.4, 0.5) is 0 Å². The molecule has 0 nitrogen and oxygen atoms in total. The summed E-state index contributed by atoms with van der Waals surface area (Å²) >= 11 is 0. The second kappa shape index (κ2) is 77.3. The van der Waals surface area contributed by atoms with Crippen molar-refractivity contribution in [1.82, 2.24) is 0 Å². The van der Waals surface area contributed by atoms with E-state index in [1.165, 1.54) is 0 Å². The van der Waals surface area contributed by atoms with Gasteiger partial charge in [-0.15, -0.1) is 0 Å². The Hall–Kier alpha value is 12.0. The van der Waals surface area contributed by atoms with E-state index in [-0.39, 0.29) is 355 Å². The molecule has 0 aromatic heterocycles. The van der Waals surface area contributed by atoms with E-state index in [4.69, 9.17) is 0 Å². The van der Waals surface area contributed by atoms with Gasteiger partial charge >= 0.3 is 0 Å². The minimum Gasteiger partial charge on any atom is 0 e. The maximum atomic E-state index is 0. The minimum absolute atomic E-state index is 0. The molecule has 0 bridgehead atoms. The molecule has 12 valence electrons. The normalized spacial score (nSPS) is 0. The molecule has 0 saturated heterocycles. The minimum atomic E-state index is 0. The van der Waals surface area contributed by atoms with E-state index in [9.17, 15) is 0 Å². The van der Waals surface area contributed by atoms with Crippen molar-refractivity contribution < 1.29 is 0 Å². The Morgan fingerprint density at radius 1 is 0.0833 bits per heavy atom. The van der Waals surface area contributed by atoms with Gasteiger partial charge < -0.3 is 0 Å². The van der Waals surface area contributed by atoms with E-state index in [0.29, 0.717) is 0 Å². The predicted molar refractivity (Wildman–Crippen MR) is 69.0 cm³/mol. The van der Waals surface area contributed by atoms with Gasteiger partial charge in [-0.25, -0.2) is 0 Å². The molecule has 0 fully saturated rings. The smallest absolute Gasteiger partial charge is 0 e. The average Bonchev–Trinajstić information content (AvgIpc) is 0. The summed E-state index contributed by atoms with van der Waals surface area (Å²) in [4.78, 5) is 0. The van der Waals surface area contributed by atoms with Gasteiger partial charge in [0.15, 0.2) is 0 Å². The van der Waals surface area contributed by atoms with Gasteiger partial charge in [-0.05, 0) is 0 Å². The van der Waals surface area contributed by atoms with Crippen molar-refractivity contribution >= 4 is 355 Å². The van der Waals surface area contributed by atoms with Crippen LogP contribution >= 0.6 is 0 Å². The Kier molecular flexibility index (Phi) is 568. The Morgan fingerprint density at radius 2 is 0.0833 bits per heavy atom. The van der Waals surface area contributed by atoms with Crippen LogP contribution in [-0.2, 0) is 0 Å². The quantitative estimate of drug-likeness (QED) is 0.391. The summed E-state index contributed by atoms with van der Waals surface area (Å²) in [7, 11) is 0. The van der Waals surface area contributed by atoms with Crippen molar-refractivity contribution in [3.8, 4) is 0 Å². The van der Waals surface area contributed by atoms with Crippen LogP contribution in [0.25, 0.3) is 0 Å². The van der Waals surface area contributed by atoms with Gasteiger partial charge in [0.2, 0.25) is 0 Å². The average molecular weight is 276 g/mol. The number of hydrogen-bond acceptors (Lipinski definition) is 0. The summed E-state index contributed by atoms with van der Waals surface area (Å²) in [6, 6.07) is 0. The number of hydrogen-bond donors (Lipinski definition) is 0. The first kappa shape index (κ1) is 88.2. The zero-order chi connectivity index (χ0) is 0. The molecule has 0 rings (SSSR count). The summed E-state index contributed by atoms with van der Waals surface area (Å²) in [5.41, 5.74) is 0. The van der Waals surface area contributed by atoms with E-state index in [1.54, 1.807) is 0 Å². The first-order valence-corrected chi connectivity index (χ1v) is 0. The summed E-state index contributed by atoms with van der Waals surface area (Å²) < 4.78 is 0. The number of rotatable bonds is 0. The first-order chi connectivity index (χ1) is 0. The van der Waals surface area contributed by atoms with Gasteiger partial charge in [0.05, 0.1) is 0 Å². The largest absolute Gasteiger partial charge is 0 e. The summed E-state index contributed by atoms with van der Waals surface area (Å²) in [6.45, 7) is 0. The van der Waals surface area contributed by atoms with Crippen molar-refractivity contribution in [1.29, 1.82) is 0 Å². The molecule has 12 heteroatoms. The maximum Gasteiger partial charge on any atom is 0 e. The molecule has 0 aromatic rings. The van der Waals surface area contributed by atoms with Gasteiger partial charge in [-0.2, -0.15) is 0 Å². The molecule has 0 aliphatic heterocycles. The van der Waals surface area contributed by atoms with Gasteiger partial charge in [0.1, 0.15) is 0 Å². The molecule has 12 heavy (non-hydrogen) atoms. The monoisotopic (exact) mass is 276 g/mol. The Labute approximate surface area is 342 Å². The maximum absolute atomic E-state index is 0. The van der Waals surface area contributed by atoms with Crippen LogP contribution in [0, 0.1) is 0 Å². The Bertz CT molecular complexity index is 0. The van der Waals surface area contributed by atoms with Gasteiger partial charge in [-0.1, -0.05) is 0 Å². The van der Waals surface area contributed by atoms with Crippen LogP contribution in [0.3, 0.4) is 0 Å². The van der Waals surface area contributed by atoms with Crippen LogP contribution in [0.15, 0.2) is 0 Å². The van der Waals surface area contributed by atoms with Gasteiger partial charge in [-0.3, -0.25) is 0 Å².